The maximum Gasteiger partial charge on any atom is 0.320 e. The molecule has 1 aromatic heterocycles. The van der Waals surface area contributed by atoms with Crippen LogP contribution in [0.3, 0.4) is 0 Å². The molecule has 3 aliphatic heterocycles. The van der Waals surface area contributed by atoms with Gasteiger partial charge in [0.1, 0.15) is 24.0 Å². The first-order chi connectivity index (χ1) is 16.7. The molecule has 182 valence electrons. The number of hydrazone groups is 1. The molecule has 2 saturated heterocycles. The van der Waals surface area contributed by atoms with Crippen molar-refractivity contribution in [2.45, 2.75) is 6.42 Å². The first-order valence-electron chi connectivity index (χ1n) is 11.6. The van der Waals surface area contributed by atoms with Gasteiger partial charge < -0.3 is 23.8 Å². The van der Waals surface area contributed by atoms with Crippen LogP contribution < -0.4 is 19.8 Å². The van der Waals surface area contributed by atoms with Crippen LogP contribution in [0.5, 0.6) is 11.8 Å². The highest BCUT2D eigenvalue weighted by atomic mass is 19.1. The lowest BCUT2D eigenvalue weighted by atomic mass is 10.0. The van der Waals surface area contributed by atoms with E-state index in [1.807, 2.05) is 6.07 Å². The minimum atomic E-state index is -0.329. The fourth-order valence-electron chi connectivity index (χ4n) is 4.07. The molecule has 4 heterocycles. The van der Waals surface area contributed by atoms with Crippen LogP contribution in [0.1, 0.15) is 12.0 Å². The molecular formula is C23H29FN6O4. The Morgan fingerprint density at radius 3 is 2.62 bits per heavy atom. The molecule has 11 heteroatoms. The minimum Gasteiger partial charge on any atom is -0.492 e. The Bertz CT molecular complexity index is 1010. The second kappa shape index (κ2) is 10.9. The van der Waals surface area contributed by atoms with E-state index in [4.69, 9.17) is 18.9 Å². The Balaban J connectivity index is 1.33. The predicted octanol–water partition coefficient (Wildman–Crippen LogP) is 1.76. The summed E-state index contributed by atoms with van der Waals surface area (Å²) in [6, 6.07) is 6.58. The van der Waals surface area contributed by atoms with Crippen molar-refractivity contribution < 1.29 is 23.3 Å². The molecule has 1 aromatic carbocycles. The molecule has 0 radical (unpaired) electrons. The van der Waals surface area contributed by atoms with Crippen LogP contribution >= 0.6 is 0 Å². The molecule has 0 bridgehead atoms. The second-order valence-corrected chi connectivity index (χ2v) is 8.21. The zero-order chi connectivity index (χ0) is 23.2. The van der Waals surface area contributed by atoms with Gasteiger partial charge in [0, 0.05) is 50.8 Å². The van der Waals surface area contributed by atoms with Crippen molar-refractivity contribution in [2.24, 2.45) is 5.10 Å². The maximum atomic E-state index is 13.8. The molecule has 34 heavy (non-hydrogen) atoms. The Kier molecular flexibility index (Phi) is 7.32. The second-order valence-electron chi connectivity index (χ2n) is 8.21. The van der Waals surface area contributed by atoms with E-state index in [0.717, 1.165) is 51.8 Å². The number of anilines is 2. The molecule has 0 unspecified atom stereocenters. The Morgan fingerprint density at radius 2 is 1.79 bits per heavy atom. The SMILES string of the molecule is Fc1ccc2c(c1)C(=NNc1cc(N3CCOCC3)nc(OCCN3CCOCC3)n1)CCO2. The van der Waals surface area contributed by atoms with E-state index in [0.29, 0.717) is 61.7 Å². The van der Waals surface area contributed by atoms with E-state index in [-0.39, 0.29) is 5.82 Å². The fraction of sp³-hybridized carbons (Fsp3) is 0.522. The summed E-state index contributed by atoms with van der Waals surface area (Å²) in [5.41, 5.74) is 4.38. The Morgan fingerprint density at radius 1 is 1.00 bits per heavy atom. The third kappa shape index (κ3) is 5.72. The lowest BCUT2D eigenvalue weighted by Crippen LogP contribution is -2.39. The number of aromatic nitrogens is 2. The monoisotopic (exact) mass is 472 g/mol. The number of benzene rings is 1. The van der Waals surface area contributed by atoms with Crippen molar-refractivity contribution in [3.8, 4) is 11.8 Å². The van der Waals surface area contributed by atoms with Gasteiger partial charge in [0.2, 0.25) is 0 Å². The number of nitrogens with one attached hydrogen (secondary N) is 1. The summed E-state index contributed by atoms with van der Waals surface area (Å²) < 4.78 is 36.2. The van der Waals surface area contributed by atoms with Gasteiger partial charge in [-0.3, -0.25) is 10.3 Å². The summed E-state index contributed by atoms with van der Waals surface area (Å²) in [7, 11) is 0. The zero-order valence-corrected chi connectivity index (χ0v) is 19.0. The Hall–Kier alpha value is -3.02. The van der Waals surface area contributed by atoms with Crippen LogP contribution in [0.2, 0.25) is 0 Å². The average molecular weight is 473 g/mol. The van der Waals surface area contributed by atoms with Crippen LogP contribution in [0, 0.1) is 5.82 Å². The molecule has 0 saturated carbocycles. The van der Waals surface area contributed by atoms with E-state index >= 15 is 0 Å². The van der Waals surface area contributed by atoms with E-state index in [9.17, 15) is 4.39 Å². The predicted molar refractivity (Wildman–Crippen MR) is 124 cm³/mol. The minimum absolute atomic E-state index is 0.290. The molecule has 0 spiro atoms. The van der Waals surface area contributed by atoms with E-state index in [2.05, 4.69) is 30.3 Å². The summed E-state index contributed by atoms with van der Waals surface area (Å²) in [5, 5.41) is 4.53. The van der Waals surface area contributed by atoms with Crippen molar-refractivity contribution in [1.29, 1.82) is 0 Å². The van der Waals surface area contributed by atoms with Gasteiger partial charge in [-0.15, -0.1) is 0 Å². The van der Waals surface area contributed by atoms with Crippen molar-refractivity contribution in [2.75, 3.05) is 82.7 Å². The van der Waals surface area contributed by atoms with Crippen LogP contribution in [0.4, 0.5) is 16.0 Å². The first kappa shape index (κ1) is 22.8. The van der Waals surface area contributed by atoms with Gasteiger partial charge in [-0.05, 0) is 18.2 Å². The highest BCUT2D eigenvalue weighted by Gasteiger charge is 2.19. The number of ether oxygens (including phenoxy) is 4. The molecule has 2 aromatic rings. The van der Waals surface area contributed by atoms with Gasteiger partial charge in [-0.2, -0.15) is 15.1 Å². The van der Waals surface area contributed by atoms with Gasteiger partial charge in [-0.1, -0.05) is 0 Å². The third-order valence-electron chi connectivity index (χ3n) is 5.92. The van der Waals surface area contributed by atoms with Gasteiger partial charge in [0.15, 0.2) is 5.82 Å². The number of halogens is 1. The molecule has 10 nitrogen and oxygen atoms in total. The van der Waals surface area contributed by atoms with Gasteiger partial charge in [-0.25, -0.2) is 4.39 Å². The smallest absolute Gasteiger partial charge is 0.320 e. The van der Waals surface area contributed by atoms with Crippen LogP contribution in [0.15, 0.2) is 29.4 Å². The van der Waals surface area contributed by atoms with Crippen LogP contribution in [0.25, 0.3) is 0 Å². The molecule has 0 aliphatic carbocycles. The van der Waals surface area contributed by atoms with Gasteiger partial charge in [0.25, 0.3) is 0 Å². The van der Waals surface area contributed by atoms with E-state index in [1.54, 1.807) is 6.07 Å². The number of morpholine rings is 2. The van der Waals surface area contributed by atoms with E-state index < -0.39 is 0 Å². The normalized spacial score (nSPS) is 20.0. The zero-order valence-electron chi connectivity index (χ0n) is 19.0. The number of hydrogen-bond donors (Lipinski definition) is 1. The highest BCUT2D eigenvalue weighted by Crippen LogP contribution is 2.26. The Labute approximate surface area is 197 Å². The number of hydrogen-bond acceptors (Lipinski definition) is 10. The van der Waals surface area contributed by atoms with E-state index in [1.165, 1.54) is 12.1 Å². The molecular weight excluding hydrogens is 443 g/mol. The summed E-state index contributed by atoms with van der Waals surface area (Å²) in [4.78, 5) is 13.6. The van der Waals surface area contributed by atoms with Gasteiger partial charge >= 0.3 is 6.01 Å². The topological polar surface area (TPSA) is 93.6 Å². The number of nitrogens with zero attached hydrogens (tertiary/aromatic N) is 5. The summed E-state index contributed by atoms with van der Waals surface area (Å²) in [5.74, 6) is 1.55. The largest absolute Gasteiger partial charge is 0.492 e. The summed E-state index contributed by atoms with van der Waals surface area (Å²) in [6.45, 7) is 7.79. The summed E-state index contributed by atoms with van der Waals surface area (Å²) >= 11 is 0. The first-order valence-corrected chi connectivity index (χ1v) is 11.6. The van der Waals surface area contributed by atoms with Crippen molar-refractivity contribution >= 4 is 17.3 Å². The molecule has 0 amide bonds. The molecule has 1 N–H and O–H groups in total. The third-order valence-corrected chi connectivity index (χ3v) is 5.92. The molecule has 0 atom stereocenters. The van der Waals surface area contributed by atoms with Gasteiger partial charge in [0.05, 0.1) is 38.7 Å². The maximum absolute atomic E-state index is 13.8. The van der Waals surface area contributed by atoms with Crippen molar-refractivity contribution in [3.63, 3.8) is 0 Å². The quantitative estimate of drug-likeness (QED) is 0.605. The molecule has 5 rings (SSSR count). The van der Waals surface area contributed by atoms with Crippen molar-refractivity contribution in [3.05, 3.63) is 35.6 Å². The highest BCUT2D eigenvalue weighted by molar-refractivity contribution is 6.04. The molecule has 3 aliphatic rings. The lowest BCUT2D eigenvalue weighted by Gasteiger charge is -2.28. The van der Waals surface area contributed by atoms with Crippen LogP contribution in [-0.2, 0) is 9.47 Å². The summed E-state index contributed by atoms with van der Waals surface area (Å²) in [6.07, 6.45) is 0.563. The number of rotatable bonds is 7. The molecule has 2 fully saturated rings. The lowest BCUT2D eigenvalue weighted by molar-refractivity contribution is 0.0317. The number of fused-ring (bicyclic) bond motifs is 1. The van der Waals surface area contributed by atoms with Crippen molar-refractivity contribution in [1.82, 2.24) is 14.9 Å². The standard InChI is InChI=1S/C23H29FN6O4/c24-17-1-2-20-18(15-17)19(3-9-33-20)27-28-21-16-22(30-7-12-32-13-8-30)26-23(25-21)34-14-6-29-4-10-31-11-5-29/h1-2,15-16H,3-14H2,(H,25,26,28). The van der Waals surface area contributed by atoms with Crippen LogP contribution in [-0.4, -0.2) is 92.9 Å². The average Bonchev–Trinajstić information content (AvgIpc) is 2.88. The fourth-order valence-corrected chi connectivity index (χ4v) is 4.07.